The zero-order chi connectivity index (χ0) is 13.4. The number of benzene rings is 2. The van der Waals surface area contributed by atoms with Gasteiger partial charge in [0.25, 0.3) is 0 Å². The van der Waals surface area contributed by atoms with Crippen molar-refractivity contribution in [2.24, 2.45) is 5.92 Å². The summed E-state index contributed by atoms with van der Waals surface area (Å²) < 4.78 is 0. The highest BCUT2D eigenvalue weighted by atomic mass is 14.3. The van der Waals surface area contributed by atoms with Gasteiger partial charge in [-0.1, -0.05) is 67.8 Å². The fourth-order valence-electron chi connectivity index (χ4n) is 4.05. The van der Waals surface area contributed by atoms with Crippen molar-refractivity contribution >= 4 is 0 Å². The van der Waals surface area contributed by atoms with Crippen molar-refractivity contribution in [3.05, 3.63) is 66.1 Å². The molecule has 0 amide bonds. The van der Waals surface area contributed by atoms with Crippen LogP contribution in [0.25, 0.3) is 11.1 Å². The summed E-state index contributed by atoms with van der Waals surface area (Å²) in [6, 6.07) is 18.0. The van der Waals surface area contributed by atoms with Crippen LogP contribution in [0.4, 0.5) is 0 Å². The Labute approximate surface area is 121 Å². The third kappa shape index (κ3) is 1.98. The Bertz CT molecular complexity index is 559. The van der Waals surface area contributed by atoms with Crippen LogP contribution in [-0.4, -0.2) is 0 Å². The van der Waals surface area contributed by atoms with E-state index < -0.39 is 0 Å². The van der Waals surface area contributed by atoms with Gasteiger partial charge in [-0.3, -0.25) is 0 Å². The highest BCUT2D eigenvalue weighted by Crippen LogP contribution is 2.48. The predicted molar refractivity (Wildman–Crippen MR) is 84.6 cm³/mol. The summed E-state index contributed by atoms with van der Waals surface area (Å²) in [7, 11) is 0. The van der Waals surface area contributed by atoms with Crippen molar-refractivity contribution in [3.63, 3.8) is 0 Å². The van der Waals surface area contributed by atoms with Gasteiger partial charge in [-0.05, 0) is 47.4 Å². The predicted octanol–water partition coefficient (Wildman–Crippen LogP) is 5.58. The number of fused-ring (bicyclic) bond motifs is 3. The normalized spacial score (nSPS) is 18.8. The molecule has 4 rings (SSSR count). The van der Waals surface area contributed by atoms with Gasteiger partial charge >= 0.3 is 0 Å². The van der Waals surface area contributed by atoms with E-state index in [9.17, 15) is 0 Å². The fourth-order valence-corrected chi connectivity index (χ4v) is 4.05. The van der Waals surface area contributed by atoms with Crippen LogP contribution in [0.1, 0.15) is 49.1 Å². The van der Waals surface area contributed by atoms with E-state index in [-0.39, 0.29) is 0 Å². The van der Waals surface area contributed by atoms with Gasteiger partial charge in [0.05, 0.1) is 0 Å². The lowest BCUT2D eigenvalue weighted by atomic mass is 9.80. The van der Waals surface area contributed by atoms with Crippen molar-refractivity contribution in [1.82, 2.24) is 0 Å². The van der Waals surface area contributed by atoms with Gasteiger partial charge in [0, 0.05) is 5.92 Å². The van der Waals surface area contributed by atoms with Crippen LogP contribution >= 0.6 is 0 Å². The molecular formula is C20H21. The molecule has 0 nitrogen and oxygen atoms in total. The second kappa shape index (κ2) is 5.09. The lowest BCUT2D eigenvalue weighted by Gasteiger charge is -2.25. The smallest absolute Gasteiger partial charge is 0.0104 e. The largest absolute Gasteiger partial charge is 0.0619 e. The zero-order valence-corrected chi connectivity index (χ0v) is 11.9. The van der Waals surface area contributed by atoms with E-state index in [4.69, 9.17) is 0 Å². The van der Waals surface area contributed by atoms with Crippen LogP contribution in [0.5, 0.6) is 0 Å². The number of rotatable bonds is 2. The van der Waals surface area contributed by atoms with Crippen molar-refractivity contribution in [2.75, 3.05) is 0 Å². The van der Waals surface area contributed by atoms with Crippen LogP contribution in [0.15, 0.2) is 48.5 Å². The molecule has 1 unspecified atom stereocenters. The molecule has 101 valence electrons. The molecule has 20 heavy (non-hydrogen) atoms. The summed E-state index contributed by atoms with van der Waals surface area (Å²) in [4.78, 5) is 0. The van der Waals surface area contributed by atoms with Crippen LogP contribution in [0, 0.1) is 12.3 Å². The van der Waals surface area contributed by atoms with E-state index in [1.807, 2.05) is 0 Å². The molecule has 0 aromatic heterocycles. The molecule has 1 radical (unpaired) electrons. The van der Waals surface area contributed by atoms with Crippen LogP contribution in [0.2, 0.25) is 0 Å². The monoisotopic (exact) mass is 261 g/mol. The van der Waals surface area contributed by atoms with Gasteiger partial charge in [0.2, 0.25) is 0 Å². The minimum atomic E-state index is 0.613. The Morgan fingerprint density at radius 1 is 0.800 bits per heavy atom. The highest BCUT2D eigenvalue weighted by molar-refractivity contribution is 5.78. The Balaban J connectivity index is 1.71. The summed E-state index contributed by atoms with van der Waals surface area (Å²) in [5.41, 5.74) is 6.02. The molecule has 2 aromatic rings. The Morgan fingerprint density at radius 2 is 1.45 bits per heavy atom. The third-order valence-corrected chi connectivity index (χ3v) is 5.03. The minimum absolute atomic E-state index is 0.613. The van der Waals surface area contributed by atoms with Gasteiger partial charge in [-0.15, -0.1) is 0 Å². The van der Waals surface area contributed by atoms with E-state index in [0.717, 1.165) is 5.92 Å². The second-order valence-corrected chi connectivity index (χ2v) is 6.24. The first-order valence-corrected chi connectivity index (χ1v) is 7.95. The van der Waals surface area contributed by atoms with Crippen molar-refractivity contribution in [2.45, 2.75) is 38.0 Å². The van der Waals surface area contributed by atoms with Gasteiger partial charge in [-0.2, -0.15) is 0 Å². The molecule has 0 heterocycles. The fraction of sp³-hybridized carbons (Fsp3) is 0.350. The summed E-state index contributed by atoms with van der Waals surface area (Å²) in [5, 5.41) is 0. The average Bonchev–Trinajstić information content (AvgIpc) is 2.84. The molecule has 0 heteroatoms. The van der Waals surface area contributed by atoms with E-state index in [2.05, 4.69) is 55.0 Å². The van der Waals surface area contributed by atoms with E-state index >= 15 is 0 Å². The van der Waals surface area contributed by atoms with E-state index in [0.29, 0.717) is 5.92 Å². The molecule has 0 saturated heterocycles. The maximum absolute atomic E-state index is 2.58. The average molecular weight is 261 g/mol. The SMILES string of the molecule is [CH]1CCCCC1CC1c2ccccc2-c2ccccc21. The molecule has 1 fully saturated rings. The molecule has 1 saturated carbocycles. The first-order chi connectivity index (χ1) is 9.93. The summed E-state index contributed by atoms with van der Waals surface area (Å²) in [6.45, 7) is 0. The van der Waals surface area contributed by atoms with Crippen LogP contribution in [0.3, 0.4) is 0 Å². The molecule has 0 spiro atoms. The lowest BCUT2D eigenvalue weighted by Crippen LogP contribution is -2.11. The second-order valence-electron chi connectivity index (χ2n) is 6.24. The maximum atomic E-state index is 2.58. The van der Waals surface area contributed by atoms with Gasteiger partial charge in [0.15, 0.2) is 0 Å². The summed E-state index contributed by atoms with van der Waals surface area (Å²) >= 11 is 0. The van der Waals surface area contributed by atoms with Gasteiger partial charge in [0.1, 0.15) is 0 Å². The minimum Gasteiger partial charge on any atom is -0.0619 e. The van der Waals surface area contributed by atoms with E-state index in [1.54, 1.807) is 11.1 Å². The maximum Gasteiger partial charge on any atom is 0.0104 e. The number of hydrogen-bond acceptors (Lipinski definition) is 0. The molecule has 0 bridgehead atoms. The quantitative estimate of drug-likeness (QED) is 0.661. The zero-order valence-electron chi connectivity index (χ0n) is 11.9. The molecular weight excluding hydrogens is 240 g/mol. The summed E-state index contributed by atoms with van der Waals surface area (Å²) in [5.74, 6) is 1.43. The molecule has 2 aliphatic rings. The standard InChI is InChI=1S/C20H21/c1-2-8-15(9-3-1)14-20-18-12-6-4-10-16(18)17-11-5-7-13-19(17)20/h4-8,10-13,15,20H,1-3,9,14H2. The van der Waals surface area contributed by atoms with Crippen molar-refractivity contribution in [3.8, 4) is 11.1 Å². The molecule has 1 atom stereocenters. The third-order valence-electron chi connectivity index (χ3n) is 5.03. The van der Waals surface area contributed by atoms with Gasteiger partial charge < -0.3 is 0 Å². The molecule has 0 N–H and O–H groups in total. The first kappa shape index (κ1) is 12.2. The van der Waals surface area contributed by atoms with Crippen LogP contribution in [-0.2, 0) is 0 Å². The Hall–Kier alpha value is -1.56. The van der Waals surface area contributed by atoms with Crippen molar-refractivity contribution in [1.29, 1.82) is 0 Å². The van der Waals surface area contributed by atoms with Gasteiger partial charge in [-0.25, -0.2) is 0 Å². The summed E-state index contributed by atoms with van der Waals surface area (Å²) in [6.07, 6.45) is 9.40. The molecule has 0 aliphatic heterocycles. The van der Waals surface area contributed by atoms with Crippen LogP contribution < -0.4 is 0 Å². The Kier molecular flexibility index (Phi) is 3.10. The van der Waals surface area contributed by atoms with Crippen molar-refractivity contribution < 1.29 is 0 Å². The van der Waals surface area contributed by atoms with E-state index in [1.165, 1.54) is 43.2 Å². The first-order valence-electron chi connectivity index (χ1n) is 7.95. The topological polar surface area (TPSA) is 0 Å². The molecule has 2 aromatic carbocycles. The highest BCUT2D eigenvalue weighted by Gasteiger charge is 2.30. The lowest BCUT2D eigenvalue weighted by molar-refractivity contribution is 0.407. The number of hydrogen-bond donors (Lipinski definition) is 0. The Morgan fingerprint density at radius 3 is 2.05 bits per heavy atom. The molecule has 2 aliphatic carbocycles.